The van der Waals surface area contributed by atoms with Gasteiger partial charge < -0.3 is 15.0 Å². The van der Waals surface area contributed by atoms with Crippen molar-refractivity contribution in [2.75, 3.05) is 31.6 Å². The number of aryl methyl sites for hydroxylation is 1. The number of esters is 1. The van der Waals surface area contributed by atoms with Crippen molar-refractivity contribution in [2.24, 2.45) is 5.92 Å². The van der Waals surface area contributed by atoms with Crippen molar-refractivity contribution < 1.29 is 14.3 Å². The Morgan fingerprint density at radius 2 is 2.00 bits per heavy atom. The Balaban J connectivity index is 1.46. The van der Waals surface area contributed by atoms with E-state index in [9.17, 15) is 9.59 Å². The number of piperidine rings is 1. The summed E-state index contributed by atoms with van der Waals surface area (Å²) >= 11 is 0. The molecule has 0 saturated carbocycles. The normalized spacial score (nSPS) is 17.8. The van der Waals surface area contributed by atoms with Gasteiger partial charge in [0.2, 0.25) is 5.91 Å². The van der Waals surface area contributed by atoms with E-state index in [0.29, 0.717) is 25.9 Å². The van der Waals surface area contributed by atoms with Gasteiger partial charge in [0.1, 0.15) is 5.82 Å². The molecule has 164 valence electrons. The number of anilines is 1. The smallest absolute Gasteiger partial charge is 0.305 e. The number of nitrogens with one attached hydrogen (secondary N) is 1. The second kappa shape index (κ2) is 9.90. The van der Waals surface area contributed by atoms with Crippen molar-refractivity contribution in [3.8, 4) is 11.4 Å². The van der Waals surface area contributed by atoms with Crippen LogP contribution in [0.2, 0.25) is 0 Å². The summed E-state index contributed by atoms with van der Waals surface area (Å²) in [6.07, 6.45) is 5.84. The summed E-state index contributed by atoms with van der Waals surface area (Å²) < 4.78 is 4.64. The van der Waals surface area contributed by atoms with Crippen LogP contribution in [0.25, 0.3) is 11.4 Å². The van der Waals surface area contributed by atoms with E-state index in [0.717, 1.165) is 61.5 Å². The highest BCUT2D eigenvalue weighted by Gasteiger charge is 2.30. The third kappa shape index (κ3) is 5.03. The Morgan fingerprint density at radius 1 is 1.16 bits per heavy atom. The molecule has 1 fully saturated rings. The third-order valence-corrected chi connectivity index (χ3v) is 6.12. The molecule has 0 bridgehead atoms. The monoisotopic (exact) mass is 422 g/mol. The molecule has 1 aliphatic heterocycles. The van der Waals surface area contributed by atoms with Crippen LogP contribution in [0.5, 0.6) is 0 Å². The van der Waals surface area contributed by atoms with Crippen molar-refractivity contribution in [1.29, 1.82) is 0 Å². The summed E-state index contributed by atoms with van der Waals surface area (Å²) in [7, 11) is 1.38. The first-order valence-corrected chi connectivity index (χ1v) is 11.2. The summed E-state index contributed by atoms with van der Waals surface area (Å²) in [5.74, 6) is 1.52. The quantitative estimate of drug-likeness (QED) is 0.546. The lowest BCUT2D eigenvalue weighted by molar-refractivity contribution is -0.140. The molecule has 7 nitrogen and oxygen atoms in total. The summed E-state index contributed by atoms with van der Waals surface area (Å²) in [6.45, 7) is 2.07. The molecule has 1 aromatic carbocycles. The van der Waals surface area contributed by atoms with Gasteiger partial charge in [-0.2, -0.15) is 0 Å². The Labute approximate surface area is 183 Å². The second-order valence-electron chi connectivity index (χ2n) is 8.27. The van der Waals surface area contributed by atoms with Gasteiger partial charge >= 0.3 is 5.97 Å². The van der Waals surface area contributed by atoms with Gasteiger partial charge in [-0.1, -0.05) is 30.3 Å². The molecule has 0 radical (unpaired) electrons. The van der Waals surface area contributed by atoms with E-state index in [-0.39, 0.29) is 17.8 Å². The van der Waals surface area contributed by atoms with Crippen molar-refractivity contribution in [3.63, 3.8) is 0 Å². The van der Waals surface area contributed by atoms with Crippen LogP contribution >= 0.6 is 0 Å². The van der Waals surface area contributed by atoms with Gasteiger partial charge in [0.25, 0.3) is 0 Å². The molecule has 1 saturated heterocycles. The molecule has 0 spiro atoms. The number of ether oxygens (including phenoxy) is 1. The van der Waals surface area contributed by atoms with E-state index in [1.165, 1.54) is 12.7 Å². The van der Waals surface area contributed by atoms with Gasteiger partial charge in [0, 0.05) is 42.9 Å². The Kier molecular flexibility index (Phi) is 6.79. The summed E-state index contributed by atoms with van der Waals surface area (Å²) in [6, 6.07) is 10.1. The van der Waals surface area contributed by atoms with Crippen molar-refractivity contribution in [3.05, 3.63) is 41.6 Å². The maximum atomic E-state index is 12.7. The van der Waals surface area contributed by atoms with Gasteiger partial charge in [-0.3, -0.25) is 9.59 Å². The highest BCUT2D eigenvalue weighted by atomic mass is 16.5. The van der Waals surface area contributed by atoms with Crippen LogP contribution in [0.4, 0.5) is 5.82 Å². The fourth-order valence-corrected chi connectivity index (χ4v) is 4.46. The lowest BCUT2D eigenvalue weighted by Gasteiger charge is -2.34. The third-order valence-electron chi connectivity index (χ3n) is 6.12. The number of carbonyl (C=O) groups is 2. The van der Waals surface area contributed by atoms with E-state index in [4.69, 9.17) is 9.97 Å². The van der Waals surface area contributed by atoms with Crippen molar-refractivity contribution >= 4 is 17.7 Å². The maximum Gasteiger partial charge on any atom is 0.305 e. The topological polar surface area (TPSA) is 84.4 Å². The fourth-order valence-electron chi connectivity index (χ4n) is 4.46. The minimum atomic E-state index is -0.245. The number of aromatic nitrogens is 2. The van der Waals surface area contributed by atoms with E-state index in [2.05, 4.69) is 15.0 Å². The number of rotatable bonds is 7. The zero-order valence-electron chi connectivity index (χ0n) is 18.1. The molecule has 31 heavy (non-hydrogen) atoms. The predicted molar refractivity (Wildman–Crippen MR) is 119 cm³/mol. The standard InChI is InChI=1S/C24H30N4O3/c1-31-21(29)13-6-14-25-24(30)18-10-7-15-28(16-18)23-19-11-5-12-20(19)26-22(27-23)17-8-3-2-4-9-17/h2-4,8-9,18H,5-7,10-16H2,1H3,(H,25,30)/t18-/m0/s1. The fraction of sp³-hybridized carbons (Fsp3) is 0.500. The zero-order chi connectivity index (χ0) is 21.6. The minimum absolute atomic E-state index is 0.0588. The molecule has 2 heterocycles. The highest BCUT2D eigenvalue weighted by molar-refractivity contribution is 5.79. The molecule has 1 amide bonds. The number of carbonyl (C=O) groups excluding carboxylic acids is 2. The number of fused-ring (bicyclic) bond motifs is 1. The lowest BCUT2D eigenvalue weighted by Crippen LogP contribution is -2.44. The van der Waals surface area contributed by atoms with Gasteiger partial charge in [0.05, 0.1) is 13.0 Å². The number of nitrogens with zero attached hydrogens (tertiary/aromatic N) is 3. The van der Waals surface area contributed by atoms with Crippen LogP contribution in [0, 0.1) is 5.92 Å². The molecule has 1 N–H and O–H groups in total. The molecule has 1 atom stereocenters. The van der Waals surface area contributed by atoms with Gasteiger partial charge in [-0.25, -0.2) is 9.97 Å². The number of amides is 1. The first-order chi connectivity index (χ1) is 15.2. The van der Waals surface area contributed by atoms with E-state index in [1.54, 1.807) is 0 Å². The van der Waals surface area contributed by atoms with Gasteiger partial charge in [-0.15, -0.1) is 0 Å². The summed E-state index contributed by atoms with van der Waals surface area (Å²) in [5, 5.41) is 2.99. The van der Waals surface area contributed by atoms with E-state index < -0.39 is 0 Å². The Bertz CT molecular complexity index is 932. The molecule has 4 rings (SSSR count). The molecule has 2 aliphatic rings. The van der Waals surface area contributed by atoms with E-state index >= 15 is 0 Å². The average molecular weight is 423 g/mol. The predicted octanol–water partition coefficient (Wildman–Crippen LogP) is 2.92. The van der Waals surface area contributed by atoms with Crippen LogP contribution in [0.15, 0.2) is 30.3 Å². The van der Waals surface area contributed by atoms with Crippen LogP contribution in [0.1, 0.15) is 43.4 Å². The van der Waals surface area contributed by atoms with Crippen molar-refractivity contribution in [2.45, 2.75) is 44.9 Å². The molecular formula is C24H30N4O3. The number of hydrogen-bond donors (Lipinski definition) is 1. The summed E-state index contributed by atoms with van der Waals surface area (Å²) in [4.78, 5) is 36.0. The Morgan fingerprint density at radius 3 is 2.81 bits per heavy atom. The zero-order valence-corrected chi connectivity index (χ0v) is 18.1. The number of methoxy groups -OCH3 is 1. The van der Waals surface area contributed by atoms with Crippen LogP contribution in [-0.4, -0.2) is 48.6 Å². The minimum Gasteiger partial charge on any atom is -0.469 e. The van der Waals surface area contributed by atoms with Gasteiger partial charge in [-0.05, 0) is 38.5 Å². The molecule has 7 heteroatoms. The number of hydrogen-bond acceptors (Lipinski definition) is 6. The highest BCUT2D eigenvalue weighted by Crippen LogP contribution is 2.33. The first kappa shape index (κ1) is 21.3. The molecule has 2 aromatic rings. The molecule has 1 aliphatic carbocycles. The van der Waals surface area contributed by atoms with Gasteiger partial charge in [0.15, 0.2) is 5.82 Å². The van der Waals surface area contributed by atoms with Crippen LogP contribution in [-0.2, 0) is 27.2 Å². The van der Waals surface area contributed by atoms with Crippen LogP contribution < -0.4 is 10.2 Å². The summed E-state index contributed by atoms with van der Waals surface area (Å²) in [5.41, 5.74) is 3.42. The molecule has 1 aromatic heterocycles. The second-order valence-corrected chi connectivity index (χ2v) is 8.27. The van der Waals surface area contributed by atoms with Crippen LogP contribution in [0.3, 0.4) is 0 Å². The number of benzene rings is 1. The molecular weight excluding hydrogens is 392 g/mol. The average Bonchev–Trinajstić information content (AvgIpc) is 3.30. The first-order valence-electron chi connectivity index (χ1n) is 11.2. The SMILES string of the molecule is COC(=O)CCCNC(=O)[C@H]1CCCN(c2nc(-c3ccccc3)nc3c2CCC3)C1. The molecule has 0 unspecified atom stereocenters. The lowest BCUT2D eigenvalue weighted by atomic mass is 9.96. The maximum absolute atomic E-state index is 12.7. The van der Waals surface area contributed by atoms with E-state index in [1.807, 2.05) is 30.3 Å². The van der Waals surface area contributed by atoms with Crippen molar-refractivity contribution in [1.82, 2.24) is 15.3 Å². The largest absolute Gasteiger partial charge is 0.469 e. The Hall–Kier alpha value is -2.96.